The van der Waals surface area contributed by atoms with Crippen molar-refractivity contribution in [1.29, 1.82) is 0 Å². The molecular weight excluding hydrogens is 518 g/mol. The molecular formula is C31H41N7O3. The Morgan fingerprint density at radius 2 is 1.80 bits per heavy atom. The zero-order valence-electron chi connectivity index (χ0n) is 23.9. The first-order valence-electron chi connectivity index (χ1n) is 15.2. The fraction of sp³-hybridized carbons (Fsp3) is 0.581. The van der Waals surface area contributed by atoms with Gasteiger partial charge in [-0.2, -0.15) is 9.98 Å². The molecule has 6 rings (SSSR count). The van der Waals surface area contributed by atoms with Crippen molar-refractivity contribution >= 4 is 29.0 Å². The molecule has 0 spiro atoms. The summed E-state index contributed by atoms with van der Waals surface area (Å²) in [4.78, 5) is 32.1. The molecule has 2 aliphatic carbocycles. The topological polar surface area (TPSA) is 132 Å². The van der Waals surface area contributed by atoms with E-state index in [1.807, 2.05) is 6.07 Å². The quantitative estimate of drug-likeness (QED) is 0.292. The minimum absolute atomic E-state index is 0.0242. The van der Waals surface area contributed by atoms with E-state index in [4.69, 9.17) is 25.4 Å². The molecule has 0 radical (unpaired) electrons. The minimum Gasteiger partial charge on any atom is -0.463 e. The van der Waals surface area contributed by atoms with Crippen LogP contribution in [0.1, 0.15) is 93.8 Å². The second kappa shape index (κ2) is 12.1. The van der Waals surface area contributed by atoms with Gasteiger partial charge in [0, 0.05) is 19.0 Å². The minimum atomic E-state index is -1.36. The molecule has 3 aromatic rings. The van der Waals surface area contributed by atoms with Gasteiger partial charge in [-0.3, -0.25) is 0 Å². The first-order valence-corrected chi connectivity index (χ1v) is 15.2. The molecule has 218 valence electrons. The molecule has 1 amide bonds. The summed E-state index contributed by atoms with van der Waals surface area (Å²) in [6.07, 6.45) is 9.10. The number of fused-ring (bicyclic) bond motifs is 1. The Balaban J connectivity index is 1.53. The predicted octanol–water partition coefficient (Wildman–Crippen LogP) is 5.66. The van der Waals surface area contributed by atoms with Crippen LogP contribution in [0.4, 0.5) is 10.7 Å². The van der Waals surface area contributed by atoms with Gasteiger partial charge in [0.2, 0.25) is 5.95 Å². The van der Waals surface area contributed by atoms with Crippen molar-refractivity contribution in [3.8, 4) is 0 Å². The predicted molar refractivity (Wildman–Crippen MR) is 158 cm³/mol. The number of nitrogens with two attached hydrogens (primary N) is 1. The summed E-state index contributed by atoms with van der Waals surface area (Å²) >= 11 is 0. The number of aliphatic imine (C=N–C) groups is 1. The molecule has 1 aromatic carbocycles. The van der Waals surface area contributed by atoms with Crippen LogP contribution in [0, 0.1) is 11.8 Å². The highest BCUT2D eigenvalue weighted by Gasteiger charge is 2.33. The van der Waals surface area contributed by atoms with Crippen molar-refractivity contribution in [3.05, 3.63) is 47.4 Å². The van der Waals surface area contributed by atoms with E-state index in [1.54, 1.807) is 0 Å². The molecule has 41 heavy (non-hydrogen) atoms. The van der Waals surface area contributed by atoms with E-state index < -0.39 is 6.09 Å². The average molecular weight is 560 g/mol. The van der Waals surface area contributed by atoms with E-state index in [0.29, 0.717) is 31.3 Å². The molecule has 0 bridgehead atoms. The average Bonchev–Trinajstić information content (AvgIpc) is 3.36. The lowest BCUT2D eigenvalue weighted by Gasteiger charge is -2.37. The molecule has 3 heterocycles. The van der Waals surface area contributed by atoms with Crippen LogP contribution in [0.15, 0.2) is 35.3 Å². The van der Waals surface area contributed by atoms with Crippen LogP contribution < -0.4 is 10.6 Å². The fourth-order valence-electron chi connectivity index (χ4n) is 6.94. The lowest BCUT2D eigenvalue weighted by atomic mass is 9.83. The Hall–Kier alpha value is -3.53. The van der Waals surface area contributed by atoms with Crippen LogP contribution in [-0.4, -0.2) is 56.3 Å². The van der Waals surface area contributed by atoms with Crippen molar-refractivity contribution in [2.24, 2.45) is 22.6 Å². The number of morpholine rings is 1. The Kier molecular flexibility index (Phi) is 8.18. The van der Waals surface area contributed by atoms with E-state index in [2.05, 4.69) is 45.6 Å². The molecule has 2 aromatic heterocycles. The summed E-state index contributed by atoms with van der Waals surface area (Å²) in [5, 5.41) is 9.27. The summed E-state index contributed by atoms with van der Waals surface area (Å²) in [5.41, 5.74) is 9.77. The van der Waals surface area contributed by atoms with Gasteiger partial charge >= 0.3 is 6.09 Å². The second-order valence-corrected chi connectivity index (χ2v) is 12.1. The number of imidazole rings is 1. The van der Waals surface area contributed by atoms with Crippen LogP contribution in [0.25, 0.3) is 11.2 Å². The van der Waals surface area contributed by atoms with Crippen LogP contribution >= 0.6 is 0 Å². The largest absolute Gasteiger partial charge is 0.463 e. The van der Waals surface area contributed by atoms with Gasteiger partial charge in [-0.05, 0) is 43.1 Å². The van der Waals surface area contributed by atoms with Crippen molar-refractivity contribution in [2.45, 2.75) is 83.2 Å². The number of rotatable bonds is 6. The van der Waals surface area contributed by atoms with Crippen LogP contribution in [0.5, 0.6) is 0 Å². The lowest BCUT2D eigenvalue weighted by molar-refractivity contribution is 0.0927. The monoisotopic (exact) mass is 559 g/mol. The van der Waals surface area contributed by atoms with Crippen molar-refractivity contribution in [2.75, 3.05) is 24.7 Å². The SMILES string of the molecule is CC1CCC(Cn2c(N3CCOC[C@H]3c3ccccc3)nc3nc(/C(N)=N/C(=O)O)nc(C4CCCCC4)c32)CC1. The highest BCUT2D eigenvalue weighted by molar-refractivity contribution is 6.00. The Morgan fingerprint density at radius 1 is 1.05 bits per heavy atom. The molecule has 2 saturated carbocycles. The number of carboxylic acid groups (broad SMARTS) is 1. The number of aromatic nitrogens is 4. The summed E-state index contributed by atoms with van der Waals surface area (Å²) < 4.78 is 8.36. The zero-order valence-corrected chi connectivity index (χ0v) is 23.9. The van der Waals surface area contributed by atoms with Gasteiger partial charge in [0.1, 0.15) is 5.52 Å². The molecule has 10 nitrogen and oxygen atoms in total. The number of nitrogens with zero attached hydrogens (tertiary/aromatic N) is 6. The smallest absolute Gasteiger partial charge is 0.433 e. The standard InChI is InChI=1S/C31H41N7O3/c1-20-12-14-21(15-13-20)18-38-26-25(23-10-6-3-7-11-23)33-29(27(32)34-31(39)40)35-28(26)36-30(38)37-16-17-41-19-24(37)22-8-4-2-5-9-22/h2,4-5,8-9,20-21,23-24H,3,6-7,10-19H2,1H3,(H2,32,34)(H,39,40)/t20?,21?,24-/m0/s1. The van der Waals surface area contributed by atoms with Gasteiger partial charge in [0.15, 0.2) is 17.3 Å². The molecule has 10 heteroatoms. The number of hydrogen-bond donors (Lipinski definition) is 2. The van der Waals surface area contributed by atoms with Crippen LogP contribution in [-0.2, 0) is 11.3 Å². The van der Waals surface area contributed by atoms with Crippen LogP contribution in [0.2, 0.25) is 0 Å². The normalized spacial score (nSPS) is 24.6. The molecule has 1 atom stereocenters. The molecule has 0 unspecified atom stereocenters. The first-order chi connectivity index (χ1) is 20.0. The Labute approximate surface area is 241 Å². The van der Waals surface area contributed by atoms with Crippen LogP contribution in [0.3, 0.4) is 0 Å². The number of ether oxygens (including phenoxy) is 1. The van der Waals surface area contributed by atoms with Crippen molar-refractivity contribution < 1.29 is 14.6 Å². The highest BCUT2D eigenvalue weighted by Crippen LogP contribution is 2.40. The first kappa shape index (κ1) is 27.6. The highest BCUT2D eigenvalue weighted by atomic mass is 16.5. The lowest BCUT2D eigenvalue weighted by Crippen LogP contribution is -2.41. The van der Waals surface area contributed by atoms with E-state index in [9.17, 15) is 9.90 Å². The van der Waals surface area contributed by atoms with E-state index in [-0.39, 0.29) is 23.6 Å². The number of benzene rings is 1. The molecule has 3 aliphatic rings. The third-order valence-electron chi connectivity index (χ3n) is 9.19. The number of amides is 1. The Morgan fingerprint density at radius 3 is 2.54 bits per heavy atom. The third-order valence-corrected chi connectivity index (χ3v) is 9.19. The maximum absolute atomic E-state index is 11.4. The molecule has 3 fully saturated rings. The summed E-state index contributed by atoms with van der Waals surface area (Å²) in [6, 6.07) is 10.5. The third kappa shape index (κ3) is 5.93. The van der Waals surface area contributed by atoms with Gasteiger partial charge in [-0.25, -0.2) is 14.8 Å². The zero-order chi connectivity index (χ0) is 28.3. The molecule has 3 N–H and O–H groups in total. The van der Waals surface area contributed by atoms with E-state index in [1.165, 1.54) is 37.7 Å². The summed E-state index contributed by atoms with van der Waals surface area (Å²) in [7, 11) is 0. The summed E-state index contributed by atoms with van der Waals surface area (Å²) in [6.45, 7) is 5.13. The van der Waals surface area contributed by atoms with Gasteiger partial charge in [-0.1, -0.05) is 69.4 Å². The second-order valence-electron chi connectivity index (χ2n) is 12.1. The van der Waals surface area contributed by atoms with Crippen molar-refractivity contribution in [1.82, 2.24) is 19.5 Å². The molecule has 1 saturated heterocycles. The maximum atomic E-state index is 11.4. The number of carbonyl (C=O) groups is 1. The van der Waals surface area contributed by atoms with Gasteiger partial charge in [0.05, 0.1) is 24.9 Å². The van der Waals surface area contributed by atoms with Gasteiger partial charge in [0.25, 0.3) is 0 Å². The maximum Gasteiger partial charge on any atom is 0.433 e. The van der Waals surface area contributed by atoms with Gasteiger partial charge < -0.3 is 25.0 Å². The number of anilines is 1. The fourth-order valence-corrected chi connectivity index (χ4v) is 6.94. The van der Waals surface area contributed by atoms with Gasteiger partial charge in [-0.15, -0.1) is 0 Å². The summed E-state index contributed by atoms with van der Waals surface area (Å²) in [5.74, 6) is 2.40. The van der Waals surface area contributed by atoms with E-state index >= 15 is 0 Å². The number of hydrogen-bond acceptors (Lipinski definition) is 6. The number of amidine groups is 1. The van der Waals surface area contributed by atoms with Crippen molar-refractivity contribution in [3.63, 3.8) is 0 Å². The van der Waals surface area contributed by atoms with E-state index in [0.717, 1.165) is 55.3 Å². The molecule has 1 aliphatic heterocycles. The Bertz CT molecular complexity index is 1390.